The van der Waals surface area contributed by atoms with E-state index in [1.807, 2.05) is 12.1 Å². The summed E-state index contributed by atoms with van der Waals surface area (Å²) < 4.78 is 0. The van der Waals surface area contributed by atoms with Crippen molar-refractivity contribution in [3.8, 4) is 5.75 Å². The van der Waals surface area contributed by atoms with Crippen molar-refractivity contribution >= 4 is 0 Å². The fraction of sp³-hybridized carbons (Fsp3) is 0.647. The van der Waals surface area contributed by atoms with Gasteiger partial charge < -0.3 is 5.11 Å². The van der Waals surface area contributed by atoms with E-state index in [1.165, 1.54) is 18.4 Å². The van der Waals surface area contributed by atoms with Gasteiger partial charge in [-0.05, 0) is 41.9 Å². The predicted octanol–water partition coefficient (Wildman–Crippen LogP) is 5.74. The van der Waals surface area contributed by atoms with E-state index in [2.05, 4.69) is 41.5 Å². The van der Waals surface area contributed by atoms with Gasteiger partial charge in [0.1, 0.15) is 5.75 Å². The van der Waals surface area contributed by atoms with E-state index in [9.17, 15) is 5.11 Å². The standard InChI is InChI=1S/C14H22O.C3H8/c1-5-11(10-14(2,3)4)12-6-8-13(15)9-7-12;1-3-2/h6-9,11,15H,5,10H2,1-4H3;3H2,1-2H3. The molecular weight excluding hydrogens is 220 g/mol. The summed E-state index contributed by atoms with van der Waals surface area (Å²) in [5.41, 5.74) is 1.70. The molecule has 1 unspecified atom stereocenters. The molecule has 1 nitrogen and oxygen atoms in total. The maximum atomic E-state index is 9.24. The molecule has 0 heterocycles. The van der Waals surface area contributed by atoms with E-state index in [-0.39, 0.29) is 0 Å². The molecule has 1 atom stereocenters. The van der Waals surface area contributed by atoms with Crippen LogP contribution in [-0.4, -0.2) is 5.11 Å². The van der Waals surface area contributed by atoms with Crippen molar-refractivity contribution in [2.45, 2.75) is 66.7 Å². The highest BCUT2D eigenvalue weighted by Crippen LogP contribution is 2.33. The number of phenolic OH excluding ortho intramolecular Hbond substituents is 1. The first kappa shape index (κ1) is 17.0. The molecule has 0 saturated heterocycles. The number of aromatic hydroxyl groups is 1. The minimum Gasteiger partial charge on any atom is -0.508 e. The summed E-state index contributed by atoms with van der Waals surface area (Å²) in [4.78, 5) is 0. The maximum Gasteiger partial charge on any atom is 0.115 e. The van der Waals surface area contributed by atoms with Crippen molar-refractivity contribution in [1.82, 2.24) is 0 Å². The number of rotatable bonds is 3. The van der Waals surface area contributed by atoms with Crippen LogP contribution < -0.4 is 0 Å². The zero-order chi connectivity index (χ0) is 14.2. The van der Waals surface area contributed by atoms with Gasteiger partial charge in [0.25, 0.3) is 0 Å². The first-order valence-electron chi connectivity index (χ1n) is 7.13. The van der Waals surface area contributed by atoms with Crippen molar-refractivity contribution < 1.29 is 5.11 Å². The molecule has 0 fully saturated rings. The minimum absolute atomic E-state index is 0.351. The summed E-state index contributed by atoms with van der Waals surface area (Å²) in [6.45, 7) is 13.3. The van der Waals surface area contributed by atoms with Crippen molar-refractivity contribution in [2.24, 2.45) is 5.41 Å². The van der Waals surface area contributed by atoms with Gasteiger partial charge in [-0.3, -0.25) is 0 Å². The Morgan fingerprint density at radius 3 is 1.78 bits per heavy atom. The van der Waals surface area contributed by atoms with Gasteiger partial charge in [0.2, 0.25) is 0 Å². The van der Waals surface area contributed by atoms with E-state index in [0.29, 0.717) is 17.1 Å². The third kappa shape index (κ3) is 7.37. The molecule has 0 aliphatic carbocycles. The van der Waals surface area contributed by atoms with E-state index in [4.69, 9.17) is 0 Å². The smallest absolute Gasteiger partial charge is 0.115 e. The van der Waals surface area contributed by atoms with Crippen LogP contribution in [0.15, 0.2) is 24.3 Å². The monoisotopic (exact) mass is 250 g/mol. The van der Waals surface area contributed by atoms with Gasteiger partial charge in [0.15, 0.2) is 0 Å². The van der Waals surface area contributed by atoms with Gasteiger partial charge in [-0.15, -0.1) is 0 Å². The lowest BCUT2D eigenvalue weighted by molar-refractivity contribution is 0.335. The average molecular weight is 250 g/mol. The van der Waals surface area contributed by atoms with E-state index in [0.717, 1.165) is 6.42 Å². The summed E-state index contributed by atoms with van der Waals surface area (Å²) >= 11 is 0. The van der Waals surface area contributed by atoms with Crippen LogP contribution in [0.2, 0.25) is 0 Å². The van der Waals surface area contributed by atoms with E-state index in [1.54, 1.807) is 12.1 Å². The largest absolute Gasteiger partial charge is 0.508 e. The first-order valence-corrected chi connectivity index (χ1v) is 7.13. The van der Waals surface area contributed by atoms with Crippen LogP contribution in [0.4, 0.5) is 0 Å². The second-order valence-corrected chi connectivity index (χ2v) is 6.17. The Morgan fingerprint density at radius 1 is 1.00 bits per heavy atom. The van der Waals surface area contributed by atoms with Gasteiger partial charge >= 0.3 is 0 Å². The van der Waals surface area contributed by atoms with Crippen LogP contribution in [0.1, 0.15) is 72.3 Å². The SMILES string of the molecule is CCC.CCC(CC(C)(C)C)c1ccc(O)cc1. The quantitative estimate of drug-likeness (QED) is 0.725. The highest BCUT2D eigenvalue weighted by molar-refractivity contribution is 5.28. The molecule has 0 aromatic heterocycles. The fourth-order valence-corrected chi connectivity index (χ4v) is 1.98. The fourth-order valence-electron chi connectivity index (χ4n) is 1.98. The molecule has 1 N–H and O–H groups in total. The molecule has 0 radical (unpaired) electrons. The zero-order valence-electron chi connectivity index (χ0n) is 13.0. The number of hydrogen-bond donors (Lipinski definition) is 1. The van der Waals surface area contributed by atoms with Gasteiger partial charge in [0.05, 0.1) is 0 Å². The first-order chi connectivity index (χ1) is 8.34. The van der Waals surface area contributed by atoms with Crippen LogP contribution >= 0.6 is 0 Å². The number of hydrogen-bond acceptors (Lipinski definition) is 1. The van der Waals surface area contributed by atoms with Crippen LogP contribution in [0.25, 0.3) is 0 Å². The van der Waals surface area contributed by atoms with Crippen LogP contribution in [0.3, 0.4) is 0 Å². The minimum atomic E-state index is 0.351. The maximum absolute atomic E-state index is 9.24. The molecule has 1 heteroatoms. The molecule has 104 valence electrons. The zero-order valence-corrected chi connectivity index (χ0v) is 13.0. The second-order valence-electron chi connectivity index (χ2n) is 6.17. The Kier molecular flexibility index (Phi) is 7.73. The highest BCUT2D eigenvalue weighted by Gasteiger charge is 2.18. The topological polar surface area (TPSA) is 20.2 Å². The van der Waals surface area contributed by atoms with E-state index < -0.39 is 0 Å². The lowest BCUT2D eigenvalue weighted by Crippen LogP contribution is -2.11. The van der Waals surface area contributed by atoms with Gasteiger partial charge in [-0.2, -0.15) is 0 Å². The van der Waals surface area contributed by atoms with Crippen molar-refractivity contribution in [3.63, 3.8) is 0 Å². The van der Waals surface area contributed by atoms with Crippen LogP contribution in [-0.2, 0) is 0 Å². The molecule has 0 aliphatic rings. The normalized spacial score (nSPS) is 12.6. The summed E-state index contributed by atoms with van der Waals surface area (Å²) in [6, 6.07) is 7.63. The summed E-state index contributed by atoms with van der Waals surface area (Å²) in [6.07, 6.45) is 3.59. The Bertz CT molecular complexity index is 305. The Hall–Kier alpha value is -0.980. The van der Waals surface area contributed by atoms with Gasteiger partial charge in [-0.1, -0.05) is 60.1 Å². The lowest BCUT2D eigenvalue weighted by atomic mass is 9.80. The molecule has 0 aliphatic heterocycles. The third-order valence-electron chi connectivity index (χ3n) is 2.72. The van der Waals surface area contributed by atoms with Crippen molar-refractivity contribution in [3.05, 3.63) is 29.8 Å². The van der Waals surface area contributed by atoms with Gasteiger partial charge in [0, 0.05) is 0 Å². The molecule has 0 amide bonds. The molecule has 0 saturated carbocycles. The molecular formula is C17H30O. The summed E-state index contributed by atoms with van der Waals surface area (Å²) in [5, 5.41) is 9.24. The second kappa shape index (κ2) is 8.18. The molecule has 1 aromatic rings. The highest BCUT2D eigenvalue weighted by atomic mass is 16.3. The van der Waals surface area contributed by atoms with Crippen molar-refractivity contribution in [1.29, 1.82) is 0 Å². The predicted molar refractivity (Wildman–Crippen MR) is 81.2 cm³/mol. The lowest BCUT2D eigenvalue weighted by Gasteiger charge is -2.25. The van der Waals surface area contributed by atoms with Crippen molar-refractivity contribution in [2.75, 3.05) is 0 Å². The average Bonchev–Trinajstić information content (AvgIpc) is 2.27. The molecule has 18 heavy (non-hydrogen) atoms. The Labute approximate surface area is 113 Å². The number of phenols is 1. The summed E-state index contributed by atoms with van der Waals surface area (Å²) in [5.74, 6) is 0.954. The Balaban J connectivity index is 0.000000873. The molecule has 0 spiro atoms. The van der Waals surface area contributed by atoms with Gasteiger partial charge in [-0.25, -0.2) is 0 Å². The summed E-state index contributed by atoms with van der Waals surface area (Å²) in [7, 11) is 0. The molecule has 1 rings (SSSR count). The third-order valence-corrected chi connectivity index (χ3v) is 2.72. The molecule has 0 bridgehead atoms. The van der Waals surface area contributed by atoms with E-state index >= 15 is 0 Å². The molecule has 1 aromatic carbocycles. The van der Waals surface area contributed by atoms with Crippen LogP contribution in [0, 0.1) is 5.41 Å². The van der Waals surface area contributed by atoms with Crippen LogP contribution in [0.5, 0.6) is 5.75 Å². The Morgan fingerprint density at radius 2 is 1.44 bits per heavy atom. The number of benzene rings is 1.